The van der Waals surface area contributed by atoms with Gasteiger partial charge in [-0.25, -0.2) is 0 Å². The maximum Gasteiger partial charge on any atom is 0.288 e. The Morgan fingerprint density at radius 1 is 1.20 bits per heavy atom. The molecule has 0 atom stereocenters. The largest absolute Gasteiger partial charge is 0.288 e. The molecule has 20 heavy (non-hydrogen) atoms. The molecule has 0 N–H and O–H groups in total. The molecule has 0 aliphatic heterocycles. The van der Waals surface area contributed by atoms with Gasteiger partial charge in [0.25, 0.3) is 5.69 Å². The Labute approximate surface area is 127 Å². The van der Waals surface area contributed by atoms with Gasteiger partial charge in [-0.3, -0.25) is 10.1 Å². The maximum absolute atomic E-state index is 10.9. The number of thioether (sulfide) groups is 1. The number of halogens is 1. The normalized spacial score (nSPS) is 10.6. The second-order valence-electron chi connectivity index (χ2n) is 4.60. The van der Waals surface area contributed by atoms with Crippen LogP contribution in [0.2, 0.25) is 5.02 Å². The Morgan fingerprint density at radius 3 is 2.65 bits per heavy atom. The van der Waals surface area contributed by atoms with E-state index in [1.807, 2.05) is 6.07 Å². The van der Waals surface area contributed by atoms with Crippen LogP contribution in [0.4, 0.5) is 5.69 Å². The van der Waals surface area contributed by atoms with Gasteiger partial charge >= 0.3 is 0 Å². The van der Waals surface area contributed by atoms with Gasteiger partial charge in [0.05, 0.1) is 4.92 Å². The summed E-state index contributed by atoms with van der Waals surface area (Å²) in [6.07, 6.45) is 0. The Hall–Kier alpha value is -1.52. The minimum Gasteiger partial charge on any atom is -0.258 e. The van der Waals surface area contributed by atoms with Gasteiger partial charge in [0.2, 0.25) is 0 Å². The minimum absolute atomic E-state index is 0.0364. The van der Waals surface area contributed by atoms with Gasteiger partial charge in [0.1, 0.15) is 5.02 Å². The Morgan fingerprint density at radius 2 is 1.95 bits per heavy atom. The molecule has 0 saturated carbocycles. The van der Waals surface area contributed by atoms with Crippen LogP contribution in [0.15, 0.2) is 41.3 Å². The molecule has 104 valence electrons. The molecular formula is C15H14ClNO2S. The van der Waals surface area contributed by atoms with Crippen molar-refractivity contribution in [2.45, 2.75) is 24.5 Å². The third-order valence-electron chi connectivity index (χ3n) is 2.95. The van der Waals surface area contributed by atoms with Crippen LogP contribution in [0.5, 0.6) is 0 Å². The monoisotopic (exact) mass is 307 g/mol. The van der Waals surface area contributed by atoms with Crippen molar-refractivity contribution in [1.82, 2.24) is 0 Å². The van der Waals surface area contributed by atoms with E-state index in [1.54, 1.807) is 23.9 Å². The summed E-state index contributed by atoms with van der Waals surface area (Å²) < 4.78 is 0. The van der Waals surface area contributed by atoms with Crippen LogP contribution in [0.25, 0.3) is 0 Å². The highest BCUT2D eigenvalue weighted by Gasteiger charge is 2.12. The summed E-state index contributed by atoms with van der Waals surface area (Å²) in [6, 6.07) is 11.2. The fourth-order valence-corrected chi connectivity index (χ4v) is 3.07. The van der Waals surface area contributed by atoms with E-state index in [9.17, 15) is 10.1 Å². The first kappa shape index (κ1) is 14.9. The highest BCUT2D eigenvalue weighted by molar-refractivity contribution is 7.98. The quantitative estimate of drug-likeness (QED) is 0.445. The summed E-state index contributed by atoms with van der Waals surface area (Å²) in [7, 11) is 0. The number of aryl methyl sites for hydroxylation is 2. The molecule has 0 saturated heterocycles. The summed E-state index contributed by atoms with van der Waals surface area (Å²) >= 11 is 7.48. The molecule has 0 amide bonds. The summed E-state index contributed by atoms with van der Waals surface area (Å²) in [5.74, 6) is 0.683. The van der Waals surface area contributed by atoms with E-state index in [1.165, 1.54) is 16.0 Å². The van der Waals surface area contributed by atoms with E-state index in [2.05, 4.69) is 32.0 Å². The van der Waals surface area contributed by atoms with E-state index in [0.717, 1.165) is 5.56 Å². The average molecular weight is 308 g/mol. The molecule has 0 aliphatic rings. The highest BCUT2D eigenvalue weighted by atomic mass is 35.5. The minimum atomic E-state index is -0.450. The molecule has 2 rings (SSSR count). The van der Waals surface area contributed by atoms with Crippen molar-refractivity contribution in [1.29, 1.82) is 0 Å². The number of nitro groups is 1. The van der Waals surface area contributed by atoms with Crippen molar-refractivity contribution in [2.75, 3.05) is 0 Å². The molecule has 5 heteroatoms. The lowest BCUT2D eigenvalue weighted by molar-refractivity contribution is -0.384. The van der Waals surface area contributed by atoms with Gasteiger partial charge in [0, 0.05) is 16.7 Å². The van der Waals surface area contributed by atoms with Gasteiger partial charge in [-0.05, 0) is 37.1 Å². The van der Waals surface area contributed by atoms with E-state index in [-0.39, 0.29) is 10.7 Å². The average Bonchev–Trinajstić information content (AvgIpc) is 2.41. The second-order valence-corrected chi connectivity index (χ2v) is 6.02. The number of nitro benzene ring substituents is 1. The van der Waals surface area contributed by atoms with Crippen molar-refractivity contribution >= 4 is 29.1 Å². The molecule has 0 radical (unpaired) electrons. The summed E-state index contributed by atoms with van der Waals surface area (Å²) in [5.41, 5.74) is 3.28. The molecule has 0 bridgehead atoms. The molecule has 0 aromatic heterocycles. The summed E-state index contributed by atoms with van der Waals surface area (Å²) in [6.45, 7) is 4.11. The molecule has 2 aromatic carbocycles. The third kappa shape index (κ3) is 3.52. The SMILES string of the molecule is Cc1ccc(C)c(SCc2ccc(Cl)c([N+](=O)[O-])c2)c1. The topological polar surface area (TPSA) is 43.1 Å². The zero-order valence-corrected chi connectivity index (χ0v) is 12.8. The Balaban J connectivity index is 2.17. The molecular weight excluding hydrogens is 294 g/mol. The first-order valence-electron chi connectivity index (χ1n) is 6.10. The maximum atomic E-state index is 10.9. The van der Waals surface area contributed by atoms with Crippen LogP contribution in [0.3, 0.4) is 0 Å². The zero-order valence-electron chi connectivity index (χ0n) is 11.2. The number of hydrogen-bond donors (Lipinski definition) is 0. The van der Waals surface area contributed by atoms with Crippen molar-refractivity contribution in [2.24, 2.45) is 0 Å². The Kier molecular flexibility index (Phi) is 4.68. The number of rotatable bonds is 4. The lowest BCUT2D eigenvalue weighted by Crippen LogP contribution is -1.91. The van der Waals surface area contributed by atoms with Crippen molar-refractivity contribution in [3.8, 4) is 0 Å². The molecule has 0 fully saturated rings. The molecule has 3 nitrogen and oxygen atoms in total. The van der Waals surface area contributed by atoms with Crippen molar-refractivity contribution < 1.29 is 4.92 Å². The van der Waals surface area contributed by atoms with Gasteiger partial charge in [0.15, 0.2) is 0 Å². The van der Waals surface area contributed by atoms with Gasteiger partial charge < -0.3 is 0 Å². The van der Waals surface area contributed by atoms with E-state index in [0.29, 0.717) is 5.75 Å². The first-order chi connectivity index (χ1) is 9.47. The summed E-state index contributed by atoms with van der Waals surface area (Å²) in [5, 5.41) is 11.0. The molecule has 2 aromatic rings. The second kappa shape index (κ2) is 6.29. The smallest absolute Gasteiger partial charge is 0.258 e. The van der Waals surface area contributed by atoms with Crippen LogP contribution in [0.1, 0.15) is 16.7 Å². The first-order valence-corrected chi connectivity index (χ1v) is 7.46. The summed E-state index contributed by atoms with van der Waals surface area (Å²) in [4.78, 5) is 11.6. The molecule has 0 unspecified atom stereocenters. The van der Waals surface area contributed by atoms with E-state index >= 15 is 0 Å². The molecule has 0 heterocycles. The predicted octanol–water partition coefficient (Wildman–Crippen LogP) is 5.16. The van der Waals surface area contributed by atoms with E-state index < -0.39 is 4.92 Å². The predicted molar refractivity (Wildman–Crippen MR) is 83.6 cm³/mol. The van der Waals surface area contributed by atoms with Crippen molar-refractivity contribution in [3.05, 3.63) is 68.2 Å². The van der Waals surface area contributed by atoms with Crippen LogP contribution in [0, 0.1) is 24.0 Å². The van der Waals surface area contributed by atoms with Crippen LogP contribution in [-0.2, 0) is 5.75 Å². The van der Waals surface area contributed by atoms with Crippen LogP contribution in [-0.4, -0.2) is 4.92 Å². The zero-order chi connectivity index (χ0) is 14.7. The van der Waals surface area contributed by atoms with Gasteiger partial charge in [-0.15, -0.1) is 11.8 Å². The van der Waals surface area contributed by atoms with Crippen LogP contribution < -0.4 is 0 Å². The lowest BCUT2D eigenvalue weighted by atomic mass is 10.2. The van der Waals surface area contributed by atoms with Crippen molar-refractivity contribution in [3.63, 3.8) is 0 Å². The lowest BCUT2D eigenvalue weighted by Gasteiger charge is -2.07. The number of nitrogens with zero attached hydrogens (tertiary/aromatic N) is 1. The number of benzene rings is 2. The fourth-order valence-electron chi connectivity index (χ4n) is 1.81. The third-order valence-corrected chi connectivity index (χ3v) is 4.49. The molecule has 0 spiro atoms. The highest BCUT2D eigenvalue weighted by Crippen LogP contribution is 2.30. The number of hydrogen-bond acceptors (Lipinski definition) is 3. The van der Waals surface area contributed by atoms with Gasteiger partial charge in [-0.1, -0.05) is 35.4 Å². The van der Waals surface area contributed by atoms with E-state index in [4.69, 9.17) is 11.6 Å². The molecule has 0 aliphatic carbocycles. The van der Waals surface area contributed by atoms with Crippen LogP contribution >= 0.6 is 23.4 Å². The standard InChI is InChI=1S/C15H14ClNO2S/c1-10-3-4-11(2)15(7-10)20-9-12-5-6-13(16)14(8-12)17(18)19/h3-8H,9H2,1-2H3. The van der Waals surface area contributed by atoms with Gasteiger partial charge in [-0.2, -0.15) is 0 Å². The fraction of sp³-hybridized carbons (Fsp3) is 0.200. The Bertz CT molecular complexity index is 658.